The van der Waals surface area contributed by atoms with E-state index in [2.05, 4.69) is 4.74 Å². The van der Waals surface area contributed by atoms with E-state index in [0.29, 0.717) is 31.7 Å². The third kappa shape index (κ3) is 5.70. The molecule has 150 valence electrons. The summed E-state index contributed by atoms with van der Waals surface area (Å²) >= 11 is 0. The summed E-state index contributed by atoms with van der Waals surface area (Å²) in [5.74, 6) is -0.368. The highest BCUT2D eigenvalue weighted by atomic mass is 19.3. The van der Waals surface area contributed by atoms with Gasteiger partial charge in [0.2, 0.25) is 0 Å². The van der Waals surface area contributed by atoms with Crippen LogP contribution < -0.4 is 9.47 Å². The number of alkyl halides is 2. The zero-order valence-corrected chi connectivity index (χ0v) is 15.8. The second kappa shape index (κ2) is 8.41. The number of carbonyl (C=O) groups is 2. The smallest absolute Gasteiger partial charge is 0.410 e. The normalized spacial score (nSPS) is 14.9. The van der Waals surface area contributed by atoms with Crippen LogP contribution >= 0.6 is 0 Å². The van der Waals surface area contributed by atoms with Crippen LogP contribution in [0.4, 0.5) is 13.6 Å². The number of rotatable bonds is 4. The number of amides is 2. The Bertz CT molecular complexity index is 683. The minimum atomic E-state index is -2.98. The lowest BCUT2D eigenvalue weighted by Crippen LogP contribution is -2.51. The van der Waals surface area contributed by atoms with Gasteiger partial charge in [0.1, 0.15) is 5.60 Å². The molecule has 27 heavy (non-hydrogen) atoms. The van der Waals surface area contributed by atoms with Gasteiger partial charge >= 0.3 is 12.7 Å². The quantitative estimate of drug-likeness (QED) is 0.796. The van der Waals surface area contributed by atoms with E-state index in [4.69, 9.17) is 9.47 Å². The number of methoxy groups -OCH3 is 1. The van der Waals surface area contributed by atoms with Crippen molar-refractivity contribution in [2.24, 2.45) is 0 Å². The molecule has 2 rings (SSSR count). The molecule has 0 bridgehead atoms. The summed E-state index contributed by atoms with van der Waals surface area (Å²) in [6.45, 7) is 3.78. The number of piperazine rings is 1. The highest BCUT2D eigenvalue weighted by Gasteiger charge is 2.28. The van der Waals surface area contributed by atoms with Gasteiger partial charge in [0.15, 0.2) is 11.5 Å². The average molecular weight is 386 g/mol. The molecule has 0 aromatic heterocycles. The van der Waals surface area contributed by atoms with E-state index in [9.17, 15) is 18.4 Å². The molecule has 0 aliphatic carbocycles. The number of halogens is 2. The van der Waals surface area contributed by atoms with Crippen LogP contribution in [0.1, 0.15) is 31.1 Å². The Labute approximate surface area is 156 Å². The number of ether oxygens (including phenoxy) is 3. The summed E-state index contributed by atoms with van der Waals surface area (Å²) in [5.41, 5.74) is -0.290. The molecule has 0 unspecified atom stereocenters. The first-order chi connectivity index (χ1) is 12.6. The monoisotopic (exact) mass is 386 g/mol. The summed E-state index contributed by atoms with van der Waals surface area (Å²) < 4.78 is 39.5. The summed E-state index contributed by atoms with van der Waals surface area (Å²) in [4.78, 5) is 27.9. The van der Waals surface area contributed by atoms with E-state index in [0.717, 1.165) is 0 Å². The van der Waals surface area contributed by atoms with Crippen LogP contribution in [0.3, 0.4) is 0 Å². The maximum absolute atomic E-state index is 12.7. The fourth-order valence-electron chi connectivity index (χ4n) is 2.60. The summed E-state index contributed by atoms with van der Waals surface area (Å²) in [7, 11) is 1.31. The van der Waals surface area contributed by atoms with Crippen LogP contribution in [-0.4, -0.2) is 67.3 Å². The van der Waals surface area contributed by atoms with E-state index in [1.165, 1.54) is 25.3 Å². The maximum Gasteiger partial charge on any atom is 0.410 e. The van der Waals surface area contributed by atoms with Crippen LogP contribution in [0, 0.1) is 0 Å². The van der Waals surface area contributed by atoms with Crippen molar-refractivity contribution in [2.75, 3.05) is 33.3 Å². The van der Waals surface area contributed by atoms with E-state index < -0.39 is 18.3 Å². The maximum atomic E-state index is 12.7. The van der Waals surface area contributed by atoms with E-state index in [1.54, 1.807) is 30.6 Å². The van der Waals surface area contributed by atoms with Gasteiger partial charge in [0.05, 0.1) is 7.11 Å². The lowest BCUT2D eigenvalue weighted by atomic mass is 10.1. The first-order valence-corrected chi connectivity index (χ1v) is 8.51. The summed E-state index contributed by atoms with van der Waals surface area (Å²) in [6, 6.07) is 4.04. The van der Waals surface area contributed by atoms with Crippen LogP contribution in [-0.2, 0) is 4.74 Å². The van der Waals surface area contributed by atoms with Gasteiger partial charge in [-0.15, -0.1) is 0 Å². The Morgan fingerprint density at radius 3 is 2.15 bits per heavy atom. The van der Waals surface area contributed by atoms with Gasteiger partial charge in [-0.1, -0.05) is 0 Å². The van der Waals surface area contributed by atoms with Gasteiger partial charge in [0.25, 0.3) is 5.91 Å². The number of hydrogen-bond donors (Lipinski definition) is 0. The molecule has 1 aromatic carbocycles. The van der Waals surface area contributed by atoms with Gasteiger partial charge in [0, 0.05) is 31.7 Å². The molecule has 1 saturated heterocycles. The molecule has 0 radical (unpaired) electrons. The molecule has 0 spiro atoms. The predicted molar refractivity (Wildman–Crippen MR) is 93.3 cm³/mol. The standard InChI is InChI=1S/C18H24F2N2O5/c1-18(2,3)27-17(24)22-9-7-21(8-10-22)15(23)12-5-6-13(26-16(19)20)14(11-12)25-4/h5-6,11,16H,7-10H2,1-4H3. The lowest BCUT2D eigenvalue weighted by Gasteiger charge is -2.35. The average Bonchev–Trinajstić information content (AvgIpc) is 2.59. The Balaban J connectivity index is 2.00. The molecular weight excluding hydrogens is 362 g/mol. The topological polar surface area (TPSA) is 68.3 Å². The summed E-state index contributed by atoms with van der Waals surface area (Å²) in [6.07, 6.45) is -0.412. The minimum Gasteiger partial charge on any atom is -0.493 e. The molecule has 1 heterocycles. The SMILES string of the molecule is COc1cc(C(=O)N2CCN(C(=O)OC(C)(C)C)CC2)ccc1OC(F)F. The molecule has 0 N–H and O–H groups in total. The Morgan fingerprint density at radius 1 is 1.04 bits per heavy atom. The van der Waals surface area contributed by atoms with E-state index in [1.807, 2.05) is 0 Å². The molecule has 1 aliphatic rings. The van der Waals surface area contributed by atoms with Crippen molar-refractivity contribution in [3.8, 4) is 11.5 Å². The largest absolute Gasteiger partial charge is 0.493 e. The number of nitrogens with zero attached hydrogens (tertiary/aromatic N) is 2. The molecule has 1 aromatic rings. The van der Waals surface area contributed by atoms with Crippen LogP contribution in [0.5, 0.6) is 11.5 Å². The third-order valence-corrected chi connectivity index (χ3v) is 3.85. The van der Waals surface area contributed by atoms with Crippen molar-refractivity contribution >= 4 is 12.0 Å². The zero-order chi connectivity index (χ0) is 20.2. The number of carbonyl (C=O) groups excluding carboxylic acids is 2. The van der Waals surface area contributed by atoms with Crippen molar-refractivity contribution in [2.45, 2.75) is 33.0 Å². The van der Waals surface area contributed by atoms with Crippen LogP contribution in [0.15, 0.2) is 18.2 Å². The molecule has 0 atom stereocenters. The van der Waals surface area contributed by atoms with Gasteiger partial charge in [-0.25, -0.2) is 4.79 Å². The minimum absolute atomic E-state index is 0.0496. The predicted octanol–water partition coefficient (Wildman–Crippen LogP) is 2.99. The molecule has 1 fully saturated rings. The second-order valence-corrected chi connectivity index (χ2v) is 7.00. The molecule has 0 saturated carbocycles. The Hall–Kier alpha value is -2.58. The van der Waals surface area contributed by atoms with Crippen molar-refractivity contribution in [1.82, 2.24) is 9.80 Å². The molecule has 9 heteroatoms. The van der Waals surface area contributed by atoms with Crippen molar-refractivity contribution in [3.05, 3.63) is 23.8 Å². The lowest BCUT2D eigenvalue weighted by molar-refractivity contribution is -0.0512. The number of hydrogen-bond acceptors (Lipinski definition) is 5. The molecule has 2 amide bonds. The fourth-order valence-corrected chi connectivity index (χ4v) is 2.60. The fraction of sp³-hybridized carbons (Fsp3) is 0.556. The van der Waals surface area contributed by atoms with E-state index in [-0.39, 0.29) is 17.4 Å². The molecule has 1 aliphatic heterocycles. The Morgan fingerprint density at radius 2 is 1.63 bits per heavy atom. The molecular formula is C18H24F2N2O5. The summed E-state index contributed by atoms with van der Waals surface area (Å²) in [5, 5.41) is 0. The highest BCUT2D eigenvalue weighted by Crippen LogP contribution is 2.30. The van der Waals surface area contributed by atoms with Gasteiger partial charge < -0.3 is 24.0 Å². The first-order valence-electron chi connectivity index (χ1n) is 8.51. The van der Waals surface area contributed by atoms with Crippen molar-refractivity contribution in [1.29, 1.82) is 0 Å². The Kier molecular flexibility index (Phi) is 6.45. The van der Waals surface area contributed by atoms with Crippen molar-refractivity contribution < 1.29 is 32.6 Å². The van der Waals surface area contributed by atoms with Crippen LogP contribution in [0.25, 0.3) is 0 Å². The van der Waals surface area contributed by atoms with Gasteiger partial charge in [-0.05, 0) is 39.0 Å². The zero-order valence-electron chi connectivity index (χ0n) is 15.8. The van der Waals surface area contributed by atoms with Gasteiger partial charge in [-0.2, -0.15) is 8.78 Å². The second-order valence-electron chi connectivity index (χ2n) is 7.00. The third-order valence-electron chi connectivity index (χ3n) is 3.85. The van der Waals surface area contributed by atoms with Crippen molar-refractivity contribution in [3.63, 3.8) is 0 Å². The van der Waals surface area contributed by atoms with E-state index >= 15 is 0 Å². The highest BCUT2D eigenvalue weighted by molar-refractivity contribution is 5.95. The van der Waals surface area contributed by atoms with Crippen LogP contribution in [0.2, 0.25) is 0 Å². The molecule has 7 nitrogen and oxygen atoms in total. The van der Waals surface area contributed by atoms with Gasteiger partial charge in [-0.3, -0.25) is 4.79 Å². The first kappa shape index (κ1) is 20.7. The number of benzene rings is 1.